The number of hydrogen-bond acceptors (Lipinski definition) is 4. The zero-order chi connectivity index (χ0) is 17.5. The van der Waals surface area contributed by atoms with Gasteiger partial charge in [0.1, 0.15) is 5.75 Å². The molecule has 0 spiro atoms. The van der Waals surface area contributed by atoms with E-state index in [0.29, 0.717) is 12.1 Å². The van der Waals surface area contributed by atoms with E-state index in [0.717, 1.165) is 16.9 Å². The van der Waals surface area contributed by atoms with Crippen LogP contribution in [0.4, 0.5) is 0 Å². The molecule has 0 unspecified atom stereocenters. The number of ether oxygens (including phenoxy) is 1. The summed E-state index contributed by atoms with van der Waals surface area (Å²) in [5, 5.41) is 8.67. The third kappa shape index (κ3) is 4.93. The number of carbonyl (C=O) groups excluding carboxylic acids is 1. The molecule has 0 saturated carbocycles. The maximum Gasteiger partial charge on any atom is 0.304 e. The number of ketones is 1. The number of aliphatic carboxylic acids is 1. The molecule has 5 heteroatoms. The molecule has 0 atom stereocenters. The SMILES string of the molecule is COc1ccc(-c2ccc(C(=O)CN(C)CCC(=O)O)cc2)cc1. The Morgan fingerprint density at radius 3 is 2.04 bits per heavy atom. The van der Waals surface area contributed by atoms with E-state index in [1.807, 2.05) is 36.4 Å². The van der Waals surface area contributed by atoms with Gasteiger partial charge in [-0.15, -0.1) is 0 Å². The van der Waals surface area contributed by atoms with E-state index in [4.69, 9.17) is 9.84 Å². The van der Waals surface area contributed by atoms with Crippen LogP contribution in [0.5, 0.6) is 5.75 Å². The Morgan fingerprint density at radius 1 is 1.00 bits per heavy atom. The Balaban J connectivity index is 2.00. The van der Waals surface area contributed by atoms with Crippen molar-refractivity contribution in [3.8, 4) is 16.9 Å². The Hall–Kier alpha value is -2.66. The largest absolute Gasteiger partial charge is 0.497 e. The predicted molar refractivity (Wildman–Crippen MR) is 92.5 cm³/mol. The van der Waals surface area contributed by atoms with Crippen molar-refractivity contribution in [3.63, 3.8) is 0 Å². The summed E-state index contributed by atoms with van der Waals surface area (Å²) in [7, 11) is 3.37. The lowest BCUT2D eigenvalue weighted by molar-refractivity contribution is -0.137. The number of nitrogens with zero attached hydrogens (tertiary/aromatic N) is 1. The maximum absolute atomic E-state index is 12.2. The zero-order valence-electron chi connectivity index (χ0n) is 13.9. The highest BCUT2D eigenvalue weighted by Gasteiger charge is 2.10. The Labute approximate surface area is 141 Å². The van der Waals surface area contributed by atoms with Crippen LogP contribution in [0.2, 0.25) is 0 Å². The molecule has 0 saturated heterocycles. The molecule has 2 aromatic rings. The standard InChI is InChI=1S/C19H21NO4/c1-20(12-11-19(22)23)13-18(21)16-5-3-14(4-6-16)15-7-9-17(24-2)10-8-15/h3-10H,11-13H2,1-2H3,(H,22,23). The van der Waals surface area contributed by atoms with Crippen LogP contribution in [-0.2, 0) is 4.79 Å². The van der Waals surface area contributed by atoms with Gasteiger partial charge in [-0.05, 0) is 30.3 Å². The monoisotopic (exact) mass is 327 g/mol. The van der Waals surface area contributed by atoms with Gasteiger partial charge < -0.3 is 9.84 Å². The van der Waals surface area contributed by atoms with Gasteiger partial charge in [0.15, 0.2) is 5.78 Å². The van der Waals surface area contributed by atoms with Crippen molar-refractivity contribution in [1.29, 1.82) is 0 Å². The van der Waals surface area contributed by atoms with Crippen LogP contribution < -0.4 is 4.74 Å². The lowest BCUT2D eigenvalue weighted by Gasteiger charge is -2.14. The number of hydrogen-bond donors (Lipinski definition) is 1. The first kappa shape index (κ1) is 17.7. The number of carbonyl (C=O) groups is 2. The summed E-state index contributed by atoms with van der Waals surface area (Å²) in [6.07, 6.45) is 0.0280. The van der Waals surface area contributed by atoms with Crippen molar-refractivity contribution in [3.05, 3.63) is 54.1 Å². The number of benzene rings is 2. The fourth-order valence-corrected chi connectivity index (χ4v) is 2.33. The van der Waals surface area contributed by atoms with E-state index in [2.05, 4.69) is 0 Å². The first-order valence-electron chi connectivity index (χ1n) is 7.67. The Morgan fingerprint density at radius 2 is 1.54 bits per heavy atom. The molecular weight excluding hydrogens is 306 g/mol. The summed E-state index contributed by atoms with van der Waals surface area (Å²) in [6, 6.07) is 15.1. The van der Waals surface area contributed by atoms with E-state index < -0.39 is 5.97 Å². The van der Waals surface area contributed by atoms with Gasteiger partial charge in [0.25, 0.3) is 0 Å². The molecule has 126 valence electrons. The maximum atomic E-state index is 12.2. The van der Waals surface area contributed by atoms with Gasteiger partial charge in [-0.25, -0.2) is 0 Å². The van der Waals surface area contributed by atoms with Gasteiger partial charge in [0.05, 0.1) is 20.1 Å². The number of likely N-dealkylation sites (N-methyl/N-ethyl adjacent to an activating group) is 1. The first-order valence-corrected chi connectivity index (χ1v) is 7.67. The third-order valence-electron chi connectivity index (χ3n) is 3.75. The van der Waals surface area contributed by atoms with Gasteiger partial charge in [0.2, 0.25) is 0 Å². The summed E-state index contributed by atoms with van der Waals surface area (Å²) in [5.41, 5.74) is 2.69. The second-order valence-electron chi connectivity index (χ2n) is 5.61. The molecule has 0 aromatic heterocycles. The molecule has 0 bridgehead atoms. The van der Waals surface area contributed by atoms with E-state index in [1.165, 1.54) is 0 Å². The second kappa shape index (κ2) is 8.26. The fraction of sp³-hybridized carbons (Fsp3) is 0.263. The van der Waals surface area contributed by atoms with Gasteiger partial charge in [-0.2, -0.15) is 0 Å². The van der Waals surface area contributed by atoms with E-state index in [1.54, 1.807) is 31.2 Å². The van der Waals surface area contributed by atoms with Gasteiger partial charge >= 0.3 is 5.97 Å². The number of methoxy groups -OCH3 is 1. The topological polar surface area (TPSA) is 66.8 Å². The smallest absolute Gasteiger partial charge is 0.304 e. The van der Waals surface area contributed by atoms with Crippen LogP contribution in [0.1, 0.15) is 16.8 Å². The summed E-state index contributed by atoms with van der Waals surface area (Å²) < 4.78 is 5.14. The Bertz CT molecular complexity index is 692. The van der Waals surface area contributed by atoms with Crippen LogP contribution in [-0.4, -0.2) is 49.0 Å². The van der Waals surface area contributed by atoms with E-state index in [9.17, 15) is 9.59 Å². The highest BCUT2D eigenvalue weighted by Crippen LogP contribution is 2.22. The minimum Gasteiger partial charge on any atom is -0.497 e. The third-order valence-corrected chi connectivity index (χ3v) is 3.75. The van der Waals surface area contributed by atoms with Crippen molar-refractivity contribution in [1.82, 2.24) is 4.90 Å². The molecule has 0 aliphatic heterocycles. The van der Waals surface area contributed by atoms with Crippen LogP contribution in [0.15, 0.2) is 48.5 Å². The van der Waals surface area contributed by atoms with Crippen LogP contribution >= 0.6 is 0 Å². The van der Waals surface area contributed by atoms with Crippen molar-refractivity contribution >= 4 is 11.8 Å². The average Bonchev–Trinajstić information content (AvgIpc) is 2.60. The lowest BCUT2D eigenvalue weighted by Crippen LogP contribution is -2.28. The molecule has 0 aliphatic rings. The minimum absolute atomic E-state index is 0.0239. The average molecular weight is 327 g/mol. The van der Waals surface area contributed by atoms with Crippen molar-refractivity contribution in [2.75, 3.05) is 27.2 Å². The van der Waals surface area contributed by atoms with Crippen molar-refractivity contribution < 1.29 is 19.4 Å². The molecule has 2 rings (SSSR count). The predicted octanol–water partition coefficient (Wildman–Crippen LogP) is 2.95. The zero-order valence-corrected chi connectivity index (χ0v) is 13.9. The molecule has 0 aliphatic carbocycles. The number of rotatable bonds is 8. The summed E-state index contributed by atoms with van der Waals surface area (Å²) in [5.74, 6) is -0.0859. The summed E-state index contributed by atoms with van der Waals surface area (Å²) >= 11 is 0. The minimum atomic E-state index is -0.863. The molecule has 0 radical (unpaired) electrons. The highest BCUT2D eigenvalue weighted by molar-refractivity contribution is 5.98. The molecule has 24 heavy (non-hydrogen) atoms. The lowest BCUT2D eigenvalue weighted by atomic mass is 10.0. The molecule has 0 fully saturated rings. The number of carboxylic acid groups (broad SMARTS) is 1. The first-order chi connectivity index (χ1) is 11.5. The second-order valence-corrected chi connectivity index (χ2v) is 5.61. The summed E-state index contributed by atoms with van der Waals surface area (Å²) in [4.78, 5) is 24.5. The van der Waals surface area contributed by atoms with Crippen molar-refractivity contribution in [2.45, 2.75) is 6.42 Å². The molecule has 2 aromatic carbocycles. The molecular formula is C19H21NO4. The molecule has 1 N–H and O–H groups in total. The van der Waals surface area contributed by atoms with Gasteiger partial charge in [-0.1, -0.05) is 36.4 Å². The summed E-state index contributed by atoms with van der Waals surface area (Å²) in [6.45, 7) is 0.556. The van der Waals surface area contributed by atoms with Crippen LogP contribution in [0.3, 0.4) is 0 Å². The van der Waals surface area contributed by atoms with Crippen LogP contribution in [0.25, 0.3) is 11.1 Å². The molecule has 0 heterocycles. The molecule has 0 amide bonds. The van der Waals surface area contributed by atoms with Crippen LogP contribution in [0, 0.1) is 0 Å². The Kier molecular flexibility index (Phi) is 6.09. The fourth-order valence-electron chi connectivity index (χ4n) is 2.33. The van der Waals surface area contributed by atoms with E-state index >= 15 is 0 Å². The number of Topliss-reactive ketones (excluding diaryl/α,β-unsaturated/α-hetero) is 1. The van der Waals surface area contributed by atoms with Gasteiger partial charge in [-0.3, -0.25) is 14.5 Å². The quantitative estimate of drug-likeness (QED) is 0.755. The highest BCUT2D eigenvalue weighted by atomic mass is 16.5. The van der Waals surface area contributed by atoms with Crippen molar-refractivity contribution in [2.24, 2.45) is 0 Å². The molecule has 5 nitrogen and oxygen atoms in total. The normalized spacial score (nSPS) is 10.6. The van der Waals surface area contributed by atoms with Gasteiger partial charge in [0, 0.05) is 12.1 Å². The number of carboxylic acids is 1. The van der Waals surface area contributed by atoms with E-state index in [-0.39, 0.29) is 18.7 Å².